The Morgan fingerprint density at radius 1 is 1.21 bits per heavy atom. The van der Waals surface area contributed by atoms with E-state index in [1.807, 2.05) is 11.0 Å². The molecule has 0 amide bonds. The Labute approximate surface area is 197 Å². The summed E-state index contributed by atoms with van der Waals surface area (Å²) in [5, 5.41) is 9.94. The lowest BCUT2D eigenvalue weighted by Gasteiger charge is -2.39. The molecule has 1 aliphatic heterocycles. The number of hydrogen-bond acceptors (Lipinski definition) is 5. The minimum absolute atomic E-state index is 0.125. The Morgan fingerprint density at radius 2 is 2.03 bits per heavy atom. The van der Waals surface area contributed by atoms with Gasteiger partial charge in [-0.3, -0.25) is 14.6 Å². The van der Waals surface area contributed by atoms with Gasteiger partial charge in [0.05, 0.1) is 13.7 Å². The van der Waals surface area contributed by atoms with E-state index in [0.717, 1.165) is 67.7 Å². The number of nitrogens with zero attached hydrogens (tertiary/aromatic N) is 3. The molecule has 34 heavy (non-hydrogen) atoms. The standard InChI is InChI=1S/C26H29FN4O3/c1-34-24-7-4-18(27)14-21(24)20-8-9-28-26-22(20)15-23(29-26)17-2-5-19(6-3-17)31-12-10-30(11-13-31)16-25(32)33/h2,4,7-9,14-15,19H,3,5-6,10-13,16H2,1H3,(H,28,29)(H,32,33)/t19-/m1/s1. The monoisotopic (exact) mass is 464 g/mol. The number of carboxylic acids is 1. The number of halogens is 1. The molecule has 2 N–H and O–H groups in total. The zero-order valence-electron chi connectivity index (χ0n) is 19.3. The number of piperazine rings is 1. The van der Waals surface area contributed by atoms with Crippen molar-refractivity contribution in [3.63, 3.8) is 0 Å². The first-order valence-corrected chi connectivity index (χ1v) is 11.7. The summed E-state index contributed by atoms with van der Waals surface area (Å²) in [5.41, 5.74) is 4.69. The van der Waals surface area contributed by atoms with Gasteiger partial charge in [-0.05, 0) is 60.7 Å². The van der Waals surface area contributed by atoms with Gasteiger partial charge in [0.25, 0.3) is 0 Å². The number of methoxy groups -OCH3 is 1. The first-order valence-electron chi connectivity index (χ1n) is 11.7. The zero-order chi connectivity index (χ0) is 23.7. The Morgan fingerprint density at radius 3 is 2.74 bits per heavy atom. The fourth-order valence-electron chi connectivity index (χ4n) is 5.20. The number of hydrogen-bond donors (Lipinski definition) is 2. The number of H-pyrrole nitrogens is 1. The number of ether oxygens (including phenoxy) is 1. The summed E-state index contributed by atoms with van der Waals surface area (Å²) < 4.78 is 19.5. The molecule has 0 unspecified atom stereocenters. The average Bonchev–Trinajstić information content (AvgIpc) is 3.29. The van der Waals surface area contributed by atoms with Crippen LogP contribution in [0, 0.1) is 5.82 Å². The summed E-state index contributed by atoms with van der Waals surface area (Å²) in [6.07, 6.45) is 7.05. The number of allylic oxidation sites excluding steroid dienone is 1. The third-order valence-corrected chi connectivity index (χ3v) is 6.99. The van der Waals surface area contributed by atoms with Gasteiger partial charge < -0.3 is 14.8 Å². The van der Waals surface area contributed by atoms with E-state index in [9.17, 15) is 9.18 Å². The Bertz CT molecular complexity index is 1230. The van der Waals surface area contributed by atoms with Crippen molar-refractivity contribution in [3.8, 4) is 16.9 Å². The van der Waals surface area contributed by atoms with Crippen LogP contribution in [0.25, 0.3) is 27.7 Å². The van der Waals surface area contributed by atoms with E-state index in [1.54, 1.807) is 19.4 Å². The van der Waals surface area contributed by atoms with Gasteiger partial charge in [-0.1, -0.05) is 6.08 Å². The van der Waals surface area contributed by atoms with Crippen LogP contribution >= 0.6 is 0 Å². The molecule has 1 aromatic carbocycles. The maximum Gasteiger partial charge on any atom is 0.317 e. The van der Waals surface area contributed by atoms with Crippen molar-refractivity contribution in [2.45, 2.75) is 25.3 Å². The number of aliphatic carboxylic acids is 1. The minimum Gasteiger partial charge on any atom is -0.496 e. The topological polar surface area (TPSA) is 81.7 Å². The molecule has 1 saturated heterocycles. The fraction of sp³-hybridized carbons (Fsp3) is 0.385. The van der Waals surface area contributed by atoms with Crippen LogP contribution in [0.4, 0.5) is 4.39 Å². The predicted octanol–water partition coefficient (Wildman–Crippen LogP) is 4.02. The average molecular weight is 465 g/mol. The second-order valence-electron chi connectivity index (χ2n) is 9.01. The summed E-state index contributed by atoms with van der Waals surface area (Å²) in [6.45, 7) is 3.56. The van der Waals surface area contributed by atoms with E-state index in [0.29, 0.717) is 17.4 Å². The number of carboxylic acid groups (broad SMARTS) is 1. The number of pyridine rings is 1. The number of rotatable bonds is 6. The van der Waals surface area contributed by atoms with Gasteiger partial charge in [-0.15, -0.1) is 0 Å². The second kappa shape index (κ2) is 9.56. The van der Waals surface area contributed by atoms with Crippen LogP contribution in [0.2, 0.25) is 0 Å². The van der Waals surface area contributed by atoms with Gasteiger partial charge in [0.2, 0.25) is 0 Å². The van der Waals surface area contributed by atoms with Crippen molar-refractivity contribution >= 4 is 22.6 Å². The molecule has 2 aliphatic rings. The molecule has 0 saturated carbocycles. The summed E-state index contributed by atoms with van der Waals surface area (Å²) >= 11 is 0. The van der Waals surface area contributed by atoms with Gasteiger partial charge in [0.1, 0.15) is 17.2 Å². The maximum atomic E-state index is 14.0. The quantitative estimate of drug-likeness (QED) is 0.574. The van der Waals surface area contributed by atoms with E-state index in [4.69, 9.17) is 9.84 Å². The van der Waals surface area contributed by atoms with Crippen LogP contribution in [0.1, 0.15) is 25.0 Å². The van der Waals surface area contributed by atoms with E-state index < -0.39 is 5.97 Å². The fourth-order valence-corrected chi connectivity index (χ4v) is 5.20. The summed E-state index contributed by atoms with van der Waals surface area (Å²) in [7, 11) is 1.59. The Balaban J connectivity index is 1.33. The summed E-state index contributed by atoms with van der Waals surface area (Å²) in [5.74, 6) is -0.438. The van der Waals surface area contributed by atoms with Crippen LogP contribution in [0.15, 0.2) is 42.6 Å². The van der Waals surface area contributed by atoms with Gasteiger partial charge in [0.15, 0.2) is 0 Å². The molecule has 0 radical (unpaired) electrons. The van der Waals surface area contributed by atoms with E-state index in [-0.39, 0.29) is 12.4 Å². The largest absolute Gasteiger partial charge is 0.496 e. The van der Waals surface area contributed by atoms with Crippen molar-refractivity contribution in [1.29, 1.82) is 0 Å². The van der Waals surface area contributed by atoms with Crippen LogP contribution < -0.4 is 4.74 Å². The number of benzene rings is 1. The highest BCUT2D eigenvalue weighted by molar-refractivity contribution is 5.96. The molecule has 3 aromatic rings. The number of fused-ring (bicyclic) bond motifs is 1. The summed E-state index contributed by atoms with van der Waals surface area (Å²) in [6, 6.07) is 9.05. The number of aromatic amines is 1. The first-order chi connectivity index (χ1) is 16.5. The number of nitrogens with one attached hydrogen (secondary N) is 1. The van der Waals surface area contributed by atoms with Gasteiger partial charge in [-0.25, -0.2) is 9.37 Å². The summed E-state index contributed by atoms with van der Waals surface area (Å²) in [4.78, 5) is 23.4. The molecular weight excluding hydrogens is 435 g/mol. The van der Waals surface area contributed by atoms with Gasteiger partial charge in [0, 0.05) is 55.1 Å². The lowest BCUT2D eigenvalue weighted by Crippen LogP contribution is -2.51. The zero-order valence-corrected chi connectivity index (χ0v) is 19.3. The molecule has 1 fully saturated rings. The van der Waals surface area contributed by atoms with Crippen LogP contribution in [0.3, 0.4) is 0 Å². The molecule has 3 heterocycles. The van der Waals surface area contributed by atoms with Gasteiger partial charge >= 0.3 is 5.97 Å². The van der Waals surface area contributed by atoms with Crippen LogP contribution in [-0.4, -0.2) is 76.7 Å². The Hall–Kier alpha value is -3.23. The van der Waals surface area contributed by atoms with E-state index in [1.165, 1.54) is 17.7 Å². The third kappa shape index (κ3) is 4.56. The first kappa shape index (κ1) is 22.6. The smallest absolute Gasteiger partial charge is 0.317 e. The molecule has 8 heteroatoms. The molecule has 0 bridgehead atoms. The molecular formula is C26H29FN4O3. The predicted molar refractivity (Wildman–Crippen MR) is 129 cm³/mol. The van der Waals surface area contributed by atoms with Crippen molar-refractivity contribution in [2.24, 2.45) is 0 Å². The lowest BCUT2D eigenvalue weighted by atomic mass is 9.91. The molecule has 0 spiro atoms. The molecule has 5 rings (SSSR count). The SMILES string of the molecule is COc1ccc(F)cc1-c1ccnc2[nH]c(C3=CC[C@@H](N4CCN(CC(=O)O)CC4)CC3)cc12. The van der Waals surface area contributed by atoms with Crippen LogP contribution in [0.5, 0.6) is 5.75 Å². The highest BCUT2D eigenvalue weighted by Gasteiger charge is 2.26. The normalized spacial score (nSPS) is 19.8. The molecule has 1 aliphatic carbocycles. The van der Waals surface area contributed by atoms with Crippen molar-refractivity contribution < 1.29 is 19.0 Å². The van der Waals surface area contributed by atoms with Crippen LogP contribution in [-0.2, 0) is 4.79 Å². The molecule has 2 aromatic heterocycles. The van der Waals surface area contributed by atoms with E-state index in [2.05, 4.69) is 27.0 Å². The highest BCUT2D eigenvalue weighted by Crippen LogP contribution is 2.37. The van der Waals surface area contributed by atoms with Crippen molar-refractivity contribution in [3.05, 3.63) is 54.1 Å². The highest BCUT2D eigenvalue weighted by atomic mass is 19.1. The van der Waals surface area contributed by atoms with Crippen molar-refractivity contribution in [1.82, 2.24) is 19.8 Å². The molecule has 1 atom stereocenters. The van der Waals surface area contributed by atoms with Gasteiger partial charge in [-0.2, -0.15) is 0 Å². The molecule has 7 nitrogen and oxygen atoms in total. The lowest BCUT2D eigenvalue weighted by molar-refractivity contribution is -0.138. The maximum absolute atomic E-state index is 14.0. The third-order valence-electron chi connectivity index (χ3n) is 6.99. The minimum atomic E-state index is -0.759. The van der Waals surface area contributed by atoms with Crippen molar-refractivity contribution in [2.75, 3.05) is 39.8 Å². The molecule has 178 valence electrons. The Kier molecular flexibility index (Phi) is 6.34. The number of carbonyl (C=O) groups is 1. The van der Waals surface area contributed by atoms with E-state index >= 15 is 0 Å². The number of aromatic nitrogens is 2. The second-order valence-corrected chi connectivity index (χ2v) is 9.01.